The molecule has 0 bridgehead atoms. The quantitative estimate of drug-likeness (QED) is 0.662. The smallest absolute Gasteiger partial charge is 0.133 e. The standard InChI is InChI=1S/C15H13Br2FO2/c1-19-10-4-5-11(13(18)8-10)15(17)9-3-6-14(20-2)12(16)7-9/h3-8,15H,1-2H3. The van der Waals surface area contributed by atoms with Gasteiger partial charge >= 0.3 is 0 Å². The Hall–Kier alpha value is -1.07. The van der Waals surface area contributed by atoms with Gasteiger partial charge in [0.1, 0.15) is 17.3 Å². The van der Waals surface area contributed by atoms with Crippen molar-refractivity contribution < 1.29 is 13.9 Å². The highest BCUT2D eigenvalue weighted by molar-refractivity contribution is 9.10. The summed E-state index contributed by atoms with van der Waals surface area (Å²) in [4.78, 5) is -0.240. The van der Waals surface area contributed by atoms with Gasteiger partial charge in [-0.05, 0) is 39.7 Å². The van der Waals surface area contributed by atoms with Crippen LogP contribution in [0.1, 0.15) is 16.0 Å². The average Bonchev–Trinajstić information content (AvgIpc) is 2.46. The van der Waals surface area contributed by atoms with Crippen molar-refractivity contribution in [1.82, 2.24) is 0 Å². The van der Waals surface area contributed by atoms with Crippen LogP contribution < -0.4 is 9.47 Å². The summed E-state index contributed by atoms with van der Waals surface area (Å²) in [7, 11) is 3.12. The molecule has 0 spiro atoms. The van der Waals surface area contributed by atoms with E-state index in [2.05, 4.69) is 31.9 Å². The highest BCUT2D eigenvalue weighted by atomic mass is 79.9. The molecule has 2 nitrogen and oxygen atoms in total. The normalized spacial score (nSPS) is 12.1. The van der Waals surface area contributed by atoms with E-state index in [1.165, 1.54) is 13.2 Å². The first-order valence-electron chi connectivity index (χ1n) is 5.87. The Morgan fingerprint density at radius 1 is 1.05 bits per heavy atom. The van der Waals surface area contributed by atoms with E-state index >= 15 is 0 Å². The molecule has 20 heavy (non-hydrogen) atoms. The van der Waals surface area contributed by atoms with Crippen LogP contribution in [0.15, 0.2) is 40.9 Å². The van der Waals surface area contributed by atoms with E-state index in [4.69, 9.17) is 9.47 Å². The van der Waals surface area contributed by atoms with Crippen molar-refractivity contribution >= 4 is 31.9 Å². The second-order valence-electron chi connectivity index (χ2n) is 4.14. The fourth-order valence-corrected chi connectivity index (χ4v) is 3.07. The van der Waals surface area contributed by atoms with Crippen molar-refractivity contribution in [3.05, 3.63) is 57.8 Å². The first-order valence-corrected chi connectivity index (χ1v) is 7.58. The summed E-state index contributed by atoms with van der Waals surface area (Å²) in [6.45, 7) is 0. The Morgan fingerprint density at radius 3 is 2.35 bits per heavy atom. The molecule has 1 atom stereocenters. The Bertz CT molecular complexity index is 617. The lowest BCUT2D eigenvalue weighted by molar-refractivity contribution is 0.410. The Kier molecular flexibility index (Phi) is 5.05. The van der Waals surface area contributed by atoms with E-state index in [1.807, 2.05) is 18.2 Å². The zero-order chi connectivity index (χ0) is 14.7. The fraction of sp³-hybridized carbons (Fsp3) is 0.200. The van der Waals surface area contributed by atoms with E-state index in [0.29, 0.717) is 11.3 Å². The second kappa shape index (κ2) is 6.59. The van der Waals surface area contributed by atoms with Crippen molar-refractivity contribution in [2.75, 3.05) is 14.2 Å². The van der Waals surface area contributed by atoms with Gasteiger partial charge in [0.15, 0.2) is 0 Å². The van der Waals surface area contributed by atoms with Crippen LogP contribution in [0.2, 0.25) is 0 Å². The van der Waals surface area contributed by atoms with Crippen LogP contribution in [0.5, 0.6) is 11.5 Å². The van der Waals surface area contributed by atoms with Gasteiger partial charge in [0.05, 0.1) is 23.5 Å². The number of benzene rings is 2. The van der Waals surface area contributed by atoms with Gasteiger partial charge in [0, 0.05) is 11.6 Å². The molecule has 0 heterocycles. The molecule has 0 aromatic heterocycles. The van der Waals surface area contributed by atoms with Crippen molar-refractivity contribution in [3.8, 4) is 11.5 Å². The lowest BCUT2D eigenvalue weighted by Gasteiger charge is -2.14. The van der Waals surface area contributed by atoms with E-state index in [-0.39, 0.29) is 10.6 Å². The zero-order valence-electron chi connectivity index (χ0n) is 11.0. The molecule has 0 fully saturated rings. The predicted octanol–water partition coefficient (Wildman–Crippen LogP) is 5.09. The molecule has 5 heteroatoms. The molecule has 106 valence electrons. The molecular formula is C15H13Br2FO2. The van der Waals surface area contributed by atoms with Crippen LogP contribution in [0.3, 0.4) is 0 Å². The number of alkyl halides is 1. The Balaban J connectivity index is 2.35. The van der Waals surface area contributed by atoms with E-state index < -0.39 is 0 Å². The van der Waals surface area contributed by atoms with E-state index in [1.54, 1.807) is 19.2 Å². The molecule has 2 aromatic rings. The molecule has 0 saturated carbocycles. The highest BCUT2D eigenvalue weighted by Crippen LogP contribution is 2.37. The SMILES string of the molecule is COc1ccc(C(Br)c2ccc(OC)c(Br)c2)c(F)c1. The van der Waals surface area contributed by atoms with Crippen molar-refractivity contribution in [3.63, 3.8) is 0 Å². The number of halogens is 3. The molecule has 0 aliphatic rings. The molecule has 0 aliphatic heterocycles. The summed E-state index contributed by atoms with van der Waals surface area (Å²) in [5.41, 5.74) is 1.49. The monoisotopic (exact) mass is 402 g/mol. The van der Waals surface area contributed by atoms with Crippen molar-refractivity contribution in [2.24, 2.45) is 0 Å². The Labute approximate surface area is 134 Å². The summed E-state index contributed by atoms with van der Waals surface area (Å²) in [6.07, 6.45) is 0. The summed E-state index contributed by atoms with van der Waals surface area (Å²) >= 11 is 6.96. The molecule has 1 unspecified atom stereocenters. The van der Waals surface area contributed by atoms with Gasteiger partial charge in [-0.3, -0.25) is 0 Å². The maximum Gasteiger partial charge on any atom is 0.133 e. The number of methoxy groups -OCH3 is 2. The maximum absolute atomic E-state index is 14.1. The molecule has 2 aromatic carbocycles. The average molecular weight is 404 g/mol. The fourth-order valence-electron chi connectivity index (χ4n) is 1.86. The maximum atomic E-state index is 14.1. The zero-order valence-corrected chi connectivity index (χ0v) is 14.2. The number of ether oxygens (including phenoxy) is 2. The predicted molar refractivity (Wildman–Crippen MR) is 84.4 cm³/mol. The van der Waals surface area contributed by atoms with Gasteiger partial charge in [0.2, 0.25) is 0 Å². The number of rotatable bonds is 4. The second-order valence-corrected chi connectivity index (χ2v) is 5.91. The minimum Gasteiger partial charge on any atom is -0.497 e. The summed E-state index contributed by atoms with van der Waals surface area (Å²) < 4.78 is 25.1. The van der Waals surface area contributed by atoms with Crippen LogP contribution >= 0.6 is 31.9 Å². The first kappa shape index (κ1) is 15.3. The molecule has 2 rings (SSSR count). The van der Waals surface area contributed by atoms with Gasteiger partial charge in [-0.25, -0.2) is 4.39 Å². The van der Waals surface area contributed by atoms with Gasteiger partial charge in [-0.15, -0.1) is 0 Å². The largest absolute Gasteiger partial charge is 0.497 e. The lowest BCUT2D eigenvalue weighted by atomic mass is 10.0. The van der Waals surface area contributed by atoms with Crippen LogP contribution in [0, 0.1) is 5.82 Å². The van der Waals surface area contributed by atoms with E-state index in [0.717, 1.165) is 15.8 Å². The third kappa shape index (κ3) is 3.15. The molecular weight excluding hydrogens is 391 g/mol. The van der Waals surface area contributed by atoms with Crippen molar-refractivity contribution in [2.45, 2.75) is 4.83 Å². The van der Waals surface area contributed by atoms with Gasteiger partial charge in [-0.2, -0.15) is 0 Å². The number of hydrogen-bond acceptors (Lipinski definition) is 2. The van der Waals surface area contributed by atoms with Crippen LogP contribution in [0.4, 0.5) is 4.39 Å². The summed E-state index contributed by atoms with van der Waals surface area (Å²) in [6, 6.07) is 10.5. The van der Waals surface area contributed by atoms with Crippen LogP contribution in [0.25, 0.3) is 0 Å². The highest BCUT2D eigenvalue weighted by Gasteiger charge is 2.16. The third-order valence-electron chi connectivity index (χ3n) is 2.95. The molecule has 0 radical (unpaired) electrons. The minimum atomic E-state index is -0.307. The first-order chi connectivity index (χ1) is 9.56. The summed E-state index contributed by atoms with van der Waals surface area (Å²) in [5.74, 6) is 0.934. The summed E-state index contributed by atoms with van der Waals surface area (Å²) in [5, 5.41) is 0. The molecule has 0 amide bonds. The molecule has 0 N–H and O–H groups in total. The van der Waals surface area contributed by atoms with E-state index in [9.17, 15) is 4.39 Å². The van der Waals surface area contributed by atoms with Crippen molar-refractivity contribution in [1.29, 1.82) is 0 Å². The third-order valence-corrected chi connectivity index (χ3v) is 4.59. The van der Waals surface area contributed by atoms with Gasteiger partial charge in [0.25, 0.3) is 0 Å². The minimum absolute atomic E-state index is 0.240. The van der Waals surface area contributed by atoms with Crippen LogP contribution in [-0.2, 0) is 0 Å². The number of hydrogen-bond donors (Lipinski definition) is 0. The lowest BCUT2D eigenvalue weighted by Crippen LogP contribution is -1.98. The van der Waals surface area contributed by atoms with Crippen LogP contribution in [-0.4, -0.2) is 14.2 Å². The van der Waals surface area contributed by atoms with Gasteiger partial charge in [-0.1, -0.05) is 28.1 Å². The topological polar surface area (TPSA) is 18.5 Å². The molecule has 0 saturated heterocycles. The molecule has 0 aliphatic carbocycles. The Morgan fingerprint density at radius 2 is 1.80 bits per heavy atom. The van der Waals surface area contributed by atoms with Gasteiger partial charge < -0.3 is 9.47 Å².